The minimum atomic E-state index is -0.407. The summed E-state index contributed by atoms with van der Waals surface area (Å²) in [6, 6.07) is 7.03. The first kappa shape index (κ1) is 20.6. The summed E-state index contributed by atoms with van der Waals surface area (Å²) < 4.78 is 16.5. The standard InChI is InChI=1S/C19H21BrN2O5/c1-11-5-12(2)19(14(20)6-11)27-10-17(23)22-21-9-13-7-15(25-3)18(24)16(8-13)26-4/h5-9,24H,10H2,1-4H3,(H,22,23). The highest BCUT2D eigenvalue weighted by atomic mass is 79.9. The highest BCUT2D eigenvalue weighted by Gasteiger charge is 2.11. The van der Waals surface area contributed by atoms with Gasteiger partial charge in [0.05, 0.1) is 24.9 Å². The Bertz CT molecular complexity index is 819. The molecule has 0 bridgehead atoms. The maximum Gasteiger partial charge on any atom is 0.277 e. The van der Waals surface area contributed by atoms with E-state index in [9.17, 15) is 9.90 Å². The molecule has 2 N–H and O–H groups in total. The Labute approximate surface area is 166 Å². The van der Waals surface area contributed by atoms with E-state index in [2.05, 4.69) is 26.5 Å². The Morgan fingerprint density at radius 3 is 2.37 bits per heavy atom. The lowest BCUT2D eigenvalue weighted by molar-refractivity contribution is -0.123. The monoisotopic (exact) mass is 436 g/mol. The number of hydrogen-bond donors (Lipinski definition) is 2. The first-order chi connectivity index (χ1) is 12.8. The third-order valence-electron chi connectivity index (χ3n) is 3.63. The number of halogens is 1. The van der Waals surface area contributed by atoms with Crippen molar-refractivity contribution in [1.29, 1.82) is 0 Å². The van der Waals surface area contributed by atoms with Crippen LogP contribution in [0.2, 0.25) is 0 Å². The predicted octanol–water partition coefficient (Wildman–Crippen LogP) is 3.32. The molecule has 8 heteroatoms. The average Bonchev–Trinajstić information content (AvgIpc) is 2.61. The molecule has 0 atom stereocenters. The molecule has 0 heterocycles. The Kier molecular flexibility index (Phi) is 7.06. The number of hydrogen-bond acceptors (Lipinski definition) is 6. The summed E-state index contributed by atoms with van der Waals surface area (Å²) in [6.45, 7) is 3.72. The van der Waals surface area contributed by atoms with Crippen molar-refractivity contribution in [3.63, 3.8) is 0 Å². The van der Waals surface area contributed by atoms with Gasteiger partial charge in [0, 0.05) is 5.56 Å². The molecule has 0 fully saturated rings. The number of aromatic hydroxyl groups is 1. The van der Waals surface area contributed by atoms with Gasteiger partial charge in [0.25, 0.3) is 5.91 Å². The SMILES string of the molecule is COc1cc(C=NNC(=O)COc2c(C)cc(C)cc2Br)cc(OC)c1O. The number of nitrogens with zero attached hydrogens (tertiary/aromatic N) is 1. The molecule has 2 aromatic rings. The third kappa shape index (κ3) is 5.37. The molecule has 0 aliphatic rings. The van der Waals surface area contributed by atoms with E-state index < -0.39 is 5.91 Å². The van der Waals surface area contributed by atoms with Gasteiger partial charge in [-0.15, -0.1) is 0 Å². The van der Waals surface area contributed by atoms with E-state index in [4.69, 9.17) is 14.2 Å². The smallest absolute Gasteiger partial charge is 0.277 e. The van der Waals surface area contributed by atoms with Crippen LogP contribution in [-0.4, -0.2) is 38.1 Å². The summed E-state index contributed by atoms with van der Waals surface area (Å²) in [5.41, 5.74) is 5.00. The largest absolute Gasteiger partial charge is 0.502 e. The van der Waals surface area contributed by atoms with Gasteiger partial charge in [0.2, 0.25) is 5.75 Å². The summed E-state index contributed by atoms with van der Waals surface area (Å²) in [5.74, 6) is 0.590. The van der Waals surface area contributed by atoms with Gasteiger partial charge in [0.1, 0.15) is 5.75 Å². The van der Waals surface area contributed by atoms with E-state index >= 15 is 0 Å². The topological polar surface area (TPSA) is 89.4 Å². The molecule has 27 heavy (non-hydrogen) atoms. The van der Waals surface area contributed by atoms with E-state index in [1.54, 1.807) is 12.1 Å². The first-order valence-electron chi connectivity index (χ1n) is 8.02. The molecular formula is C19H21BrN2O5. The normalized spacial score (nSPS) is 10.7. The highest BCUT2D eigenvalue weighted by Crippen LogP contribution is 2.36. The lowest BCUT2D eigenvalue weighted by Gasteiger charge is -2.11. The summed E-state index contributed by atoms with van der Waals surface area (Å²) in [6.07, 6.45) is 1.41. The number of benzene rings is 2. The lowest BCUT2D eigenvalue weighted by atomic mass is 10.1. The molecule has 2 aromatic carbocycles. The summed E-state index contributed by atoms with van der Waals surface area (Å²) in [4.78, 5) is 11.9. The highest BCUT2D eigenvalue weighted by molar-refractivity contribution is 9.10. The van der Waals surface area contributed by atoms with Gasteiger partial charge >= 0.3 is 0 Å². The number of methoxy groups -OCH3 is 2. The van der Waals surface area contributed by atoms with Crippen LogP contribution in [0.25, 0.3) is 0 Å². The zero-order valence-electron chi connectivity index (χ0n) is 15.5. The number of ether oxygens (including phenoxy) is 3. The van der Waals surface area contributed by atoms with Crippen LogP contribution in [0.4, 0.5) is 0 Å². The molecule has 144 valence electrons. The fraction of sp³-hybridized carbons (Fsp3) is 0.263. The number of hydrazone groups is 1. The van der Waals surface area contributed by atoms with Crippen molar-refractivity contribution in [3.8, 4) is 23.0 Å². The van der Waals surface area contributed by atoms with E-state index in [1.807, 2.05) is 26.0 Å². The van der Waals surface area contributed by atoms with E-state index in [0.717, 1.165) is 15.6 Å². The van der Waals surface area contributed by atoms with E-state index in [1.165, 1.54) is 20.4 Å². The number of carbonyl (C=O) groups excluding carboxylic acids is 1. The van der Waals surface area contributed by atoms with Gasteiger partial charge in [-0.1, -0.05) is 6.07 Å². The number of aryl methyl sites for hydroxylation is 2. The molecule has 2 rings (SSSR count). The van der Waals surface area contributed by atoms with Gasteiger partial charge in [-0.25, -0.2) is 5.43 Å². The van der Waals surface area contributed by atoms with Gasteiger partial charge in [-0.3, -0.25) is 4.79 Å². The second-order valence-corrected chi connectivity index (χ2v) is 6.60. The zero-order chi connectivity index (χ0) is 20.0. The maximum atomic E-state index is 11.9. The van der Waals surface area contributed by atoms with Crippen LogP contribution >= 0.6 is 15.9 Å². The van der Waals surface area contributed by atoms with Crippen molar-refractivity contribution in [2.24, 2.45) is 5.10 Å². The quantitative estimate of drug-likeness (QED) is 0.513. The molecule has 7 nitrogen and oxygen atoms in total. The van der Waals surface area contributed by atoms with Crippen molar-refractivity contribution in [1.82, 2.24) is 5.43 Å². The van der Waals surface area contributed by atoms with Crippen LogP contribution in [0, 0.1) is 13.8 Å². The van der Waals surface area contributed by atoms with Crippen molar-refractivity contribution >= 4 is 28.1 Å². The van der Waals surface area contributed by atoms with Gasteiger partial charge in [0.15, 0.2) is 18.1 Å². The van der Waals surface area contributed by atoms with Crippen molar-refractivity contribution in [2.75, 3.05) is 20.8 Å². The van der Waals surface area contributed by atoms with E-state index in [-0.39, 0.29) is 23.9 Å². The Balaban J connectivity index is 1.98. The molecule has 0 unspecified atom stereocenters. The predicted molar refractivity (Wildman–Crippen MR) is 106 cm³/mol. The zero-order valence-corrected chi connectivity index (χ0v) is 17.1. The fourth-order valence-corrected chi connectivity index (χ4v) is 3.21. The Morgan fingerprint density at radius 2 is 1.81 bits per heavy atom. The van der Waals surface area contributed by atoms with Gasteiger partial charge < -0.3 is 19.3 Å². The number of amides is 1. The fourth-order valence-electron chi connectivity index (χ4n) is 2.42. The van der Waals surface area contributed by atoms with Gasteiger partial charge in [-0.05, 0) is 59.1 Å². The van der Waals surface area contributed by atoms with E-state index in [0.29, 0.717) is 11.3 Å². The number of phenolic OH excluding ortho intramolecular Hbond substituents is 1. The molecule has 0 aliphatic carbocycles. The van der Waals surface area contributed by atoms with Crippen LogP contribution in [0.5, 0.6) is 23.0 Å². The third-order valence-corrected chi connectivity index (χ3v) is 4.22. The van der Waals surface area contributed by atoms with Crippen LogP contribution in [0.15, 0.2) is 33.8 Å². The molecule has 0 aromatic heterocycles. The van der Waals surface area contributed by atoms with Gasteiger partial charge in [-0.2, -0.15) is 5.10 Å². The van der Waals surface area contributed by atoms with Crippen molar-refractivity contribution in [3.05, 3.63) is 45.4 Å². The molecule has 0 saturated carbocycles. The van der Waals surface area contributed by atoms with Crippen LogP contribution < -0.4 is 19.6 Å². The lowest BCUT2D eigenvalue weighted by Crippen LogP contribution is -2.24. The summed E-state index contributed by atoms with van der Waals surface area (Å²) in [5, 5.41) is 13.8. The summed E-state index contributed by atoms with van der Waals surface area (Å²) >= 11 is 3.43. The second-order valence-electron chi connectivity index (χ2n) is 5.75. The summed E-state index contributed by atoms with van der Waals surface area (Å²) in [7, 11) is 2.86. The first-order valence-corrected chi connectivity index (χ1v) is 8.81. The molecule has 0 spiro atoms. The molecule has 0 saturated heterocycles. The van der Waals surface area contributed by atoms with Crippen LogP contribution in [0.3, 0.4) is 0 Å². The van der Waals surface area contributed by atoms with Crippen LogP contribution in [0.1, 0.15) is 16.7 Å². The molecular weight excluding hydrogens is 416 g/mol. The second kappa shape index (κ2) is 9.27. The van der Waals surface area contributed by atoms with Crippen molar-refractivity contribution < 1.29 is 24.1 Å². The number of phenols is 1. The number of nitrogens with one attached hydrogen (secondary N) is 1. The van der Waals surface area contributed by atoms with Crippen LogP contribution in [-0.2, 0) is 4.79 Å². The number of rotatable bonds is 7. The Hall–Kier alpha value is -2.74. The maximum absolute atomic E-state index is 11.9. The molecule has 0 aliphatic heterocycles. The molecule has 1 amide bonds. The Morgan fingerprint density at radius 1 is 1.19 bits per heavy atom. The number of carbonyl (C=O) groups is 1. The average molecular weight is 437 g/mol. The van der Waals surface area contributed by atoms with Crippen molar-refractivity contribution in [2.45, 2.75) is 13.8 Å². The molecule has 0 radical (unpaired) electrons. The minimum Gasteiger partial charge on any atom is -0.502 e. The minimum absolute atomic E-state index is 0.103.